The maximum absolute atomic E-state index is 3.73. The van der Waals surface area contributed by atoms with Crippen molar-refractivity contribution >= 4 is 5.69 Å². The highest BCUT2D eigenvalue weighted by Gasteiger charge is 2.28. The summed E-state index contributed by atoms with van der Waals surface area (Å²) in [4.78, 5) is 2.59. The lowest BCUT2D eigenvalue weighted by atomic mass is 10.0. The second-order valence-electron chi connectivity index (χ2n) is 6.58. The minimum atomic E-state index is 0.170. The standard InChI is InChI=1S/C17H28N2/c1-6-15-9-7-8-13(2)16(15)19-11-10-14(3)18-17(4,5)12-19/h7-9,14,18H,6,10-12H2,1-5H3. The molecule has 1 heterocycles. The second kappa shape index (κ2) is 5.54. The van der Waals surface area contributed by atoms with Gasteiger partial charge in [0.25, 0.3) is 0 Å². The molecule has 1 aliphatic heterocycles. The Kier molecular flexibility index (Phi) is 4.19. The van der Waals surface area contributed by atoms with E-state index in [4.69, 9.17) is 0 Å². The first-order chi connectivity index (χ1) is 8.93. The van der Waals surface area contributed by atoms with Crippen LogP contribution in [0.15, 0.2) is 18.2 Å². The highest BCUT2D eigenvalue weighted by Crippen LogP contribution is 2.29. The van der Waals surface area contributed by atoms with E-state index in [-0.39, 0.29) is 5.54 Å². The number of rotatable bonds is 2. The molecule has 2 rings (SSSR count). The van der Waals surface area contributed by atoms with Crippen LogP contribution in [-0.2, 0) is 6.42 Å². The molecule has 0 bridgehead atoms. The Labute approximate surface area is 118 Å². The molecule has 1 unspecified atom stereocenters. The van der Waals surface area contributed by atoms with Gasteiger partial charge in [0.05, 0.1) is 0 Å². The van der Waals surface area contributed by atoms with Crippen LogP contribution in [0.25, 0.3) is 0 Å². The van der Waals surface area contributed by atoms with Crippen LogP contribution in [0.2, 0.25) is 0 Å². The normalized spacial score (nSPS) is 23.2. The maximum Gasteiger partial charge on any atom is 0.0429 e. The number of hydrogen-bond donors (Lipinski definition) is 1. The van der Waals surface area contributed by atoms with Crippen LogP contribution >= 0.6 is 0 Å². The molecule has 1 aromatic carbocycles. The summed E-state index contributed by atoms with van der Waals surface area (Å²) in [5, 5.41) is 3.73. The van der Waals surface area contributed by atoms with E-state index >= 15 is 0 Å². The predicted octanol–water partition coefficient (Wildman–Crippen LogP) is 3.52. The van der Waals surface area contributed by atoms with Gasteiger partial charge >= 0.3 is 0 Å². The molecule has 1 saturated heterocycles. The Hall–Kier alpha value is -1.02. The fraction of sp³-hybridized carbons (Fsp3) is 0.647. The molecule has 106 valence electrons. The van der Waals surface area contributed by atoms with Crippen molar-refractivity contribution in [3.8, 4) is 0 Å². The van der Waals surface area contributed by atoms with Crippen LogP contribution < -0.4 is 10.2 Å². The van der Waals surface area contributed by atoms with E-state index in [0.29, 0.717) is 6.04 Å². The summed E-state index contributed by atoms with van der Waals surface area (Å²) in [6.45, 7) is 13.6. The molecule has 2 nitrogen and oxygen atoms in total. The van der Waals surface area contributed by atoms with Crippen LogP contribution in [0, 0.1) is 6.92 Å². The first kappa shape index (κ1) is 14.4. The predicted molar refractivity (Wildman–Crippen MR) is 84.1 cm³/mol. The minimum Gasteiger partial charge on any atom is -0.369 e. The Morgan fingerprint density at radius 1 is 1.37 bits per heavy atom. The molecule has 0 radical (unpaired) electrons. The van der Waals surface area contributed by atoms with E-state index in [2.05, 4.69) is 63.0 Å². The Morgan fingerprint density at radius 2 is 2.11 bits per heavy atom. The lowest BCUT2D eigenvalue weighted by molar-refractivity contribution is 0.368. The summed E-state index contributed by atoms with van der Waals surface area (Å²) in [5.41, 5.74) is 4.52. The molecule has 1 fully saturated rings. The maximum atomic E-state index is 3.73. The topological polar surface area (TPSA) is 15.3 Å². The van der Waals surface area contributed by atoms with E-state index in [9.17, 15) is 0 Å². The van der Waals surface area contributed by atoms with Gasteiger partial charge in [0, 0.05) is 30.4 Å². The summed E-state index contributed by atoms with van der Waals surface area (Å²) in [7, 11) is 0. The quantitative estimate of drug-likeness (QED) is 0.875. The number of para-hydroxylation sites is 1. The zero-order valence-electron chi connectivity index (χ0n) is 13.1. The fourth-order valence-corrected chi connectivity index (χ4v) is 3.34. The van der Waals surface area contributed by atoms with Gasteiger partial charge in [-0.25, -0.2) is 0 Å². The van der Waals surface area contributed by atoms with Crippen LogP contribution in [0.4, 0.5) is 5.69 Å². The smallest absolute Gasteiger partial charge is 0.0429 e. The van der Waals surface area contributed by atoms with Crippen molar-refractivity contribution in [3.05, 3.63) is 29.3 Å². The molecule has 0 saturated carbocycles. The van der Waals surface area contributed by atoms with E-state index in [0.717, 1.165) is 19.5 Å². The molecule has 1 atom stereocenters. The zero-order valence-corrected chi connectivity index (χ0v) is 13.1. The van der Waals surface area contributed by atoms with Gasteiger partial charge < -0.3 is 10.2 Å². The number of nitrogens with one attached hydrogen (secondary N) is 1. The first-order valence-electron chi connectivity index (χ1n) is 7.54. The molecule has 1 N–H and O–H groups in total. The van der Waals surface area contributed by atoms with Gasteiger partial charge in [-0.2, -0.15) is 0 Å². The van der Waals surface area contributed by atoms with Crippen molar-refractivity contribution in [2.75, 3.05) is 18.0 Å². The largest absolute Gasteiger partial charge is 0.369 e. The van der Waals surface area contributed by atoms with Gasteiger partial charge in [0.15, 0.2) is 0 Å². The Morgan fingerprint density at radius 3 is 2.79 bits per heavy atom. The van der Waals surface area contributed by atoms with E-state index < -0.39 is 0 Å². The average Bonchev–Trinajstić information content (AvgIpc) is 2.46. The molecule has 0 aromatic heterocycles. The van der Waals surface area contributed by atoms with Crippen molar-refractivity contribution in [2.45, 2.75) is 59.0 Å². The molecular formula is C17H28N2. The molecule has 19 heavy (non-hydrogen) atoms. The van der Waals surface area contributed by atoms with Crippen LogP contribution in [0.1, 0.15) is 45.2 Å². The molecule has 2 heteroatoms. The zero-order chi connectivity index (χ0) is 14.0. The van der Waals surface area contributed by atoms with Crippen molar-refractivity contribution in [1.29, 1.82) is 0 Å². The van der Waals surface area contributed by atoms with Crippen LogP contribution in [0.5, 0.6) is 0 Å². The van der Waals surface area contributed by atoms with Crippen LogP contribution in [0.3, 0.4) is 0 Å². The highest BCUT2D eigenvalue weighted by atomic mass is 15.2. The van der Waals surface area contributed by atoms with E-state index in [1.54, 1.807) is 0 Å². The lowest BCUT2D eigenvalue weighted by Crippen LogP contribution is -2.49. The molecule has 0 amide bonds. The molecule has 1 aromatic rings. The first-order valence-corrected chi connectivity index (χ1v) is 7.54. The monoisotopic (exact) mass is 260 g/mol. The van der Waals surface area contributed by atoms with Gasteiger partial charge in [-0.3, -0.25) is 0 Å². The number of aryl methyl sites for hydroxylation is 2. The minimum absolute atomic E-state index is 0.170. The van der Waals surface area contributed by atoms with Crippen molar-refractivity contribution in [3.63, 3.8) is 0 Å². The second-order valence-corrected chi connectivity index (χ2v) is 6.58. The summed E-state index contributed by atoms with van der Waals surface area (Å²) in [5.74, 6) is 0. The summed E-state index contributed by atoms with van der Waals surface area (Å²) < 4.78 is 0. The molecule has 0 aliphatic carbocycles. The highest BCUT2D eigenvalue weighted by molar-refractivity contribution is 5.60. The van der Waals surface area contributed by atoms with Gasteiger partial charge in [-0.15, -0.1) is 0 Å². The molecular weight excluding hydrogens is 232 g/mol. The summed E-state index contributed by atoms with van der Waals surface area (Å²) in [6, 6.07) is 7.29. The average molecular weight is 260 g/mol. The van der Waals surface area contributed by atoms with Crippen molar-refractivity contribution < 1.29 is 0 Å². The van der Waals surface area contributed by atoms with Gasteiger partial charge in [0.1, 0.15) is 0 Å². The van der Waals surface area contributed by atoms with Crippen molar-refractivity contribution in [2.24, 2.45) is 0 Å². The molecule has 1 aliphatic rings. The fourth-order valence-electron chi connectivity index (χ4n) is 3.34. The summed E-state index contributed by atoms with van der Waals surface area (Å²) >= 11 is 0. The Balaban J connectivity index is 2.35. The number of nitrogens with zero attached hydrogens (tertiary/aromatic N) is 1. The van der Waals surface area contributed by atoms with Gasteiger partial charge in [0.2, 0.25) is 0 Å². The van der Waals surface area contributed by atoms with Gasteiger partial charge in [-0.1, -0.05) is 25.1 Å². The van der Waals surface area contributed by atoms with Crippen molar-refractivity contribution in [1.82, 2.24) is 5.32 Å². The van der Waals surface area contributed by atoms with E-state index in [1.165, 1.54) is 23.2 Å². The Bertz CT molecular complexity index is 437. The van der Waals surface area contributed by atoms with Crippen LogP contribution in [-0.4, -0.2) is 24.7 Å². The third kappa shape index (κ3) is 3.30. The third-order valence-electron chi connectivity index (χ3n) is 4.07. The molecule has 0 spiro atoms. The van der Waals surface area contributed by atoms with E-state index in [1.807, 2.05) is 0 Å². The summed E-state index contributed by atoms with van der Waals surface area (Å²) in [6.07, 6.45) is 2.32. The van der Waals surface area contributed by atoms with Gasteiger partial charge in [-0.05, 0) is 51.7 Å². The SMILES string of the molecule is CCc1cccc(C)c1N1CCC(C)NC(C)(C)C1. The number of hydrogen-bond acceptors (Lipinski definition) is 2. The lowest BCUT2D eigenvalue weighted by Gasteiger charge is -2.34. The number of anilines is 1. The number of benzene rings is 1. The third-order valence-corrected chi connectivity index (χ3v) is 4.07.